The summed E-state index contributed by atoms with van der Waals surface area (Å²) in [5.41, 5.74) is 2.06. The molecule has 0 aliphatic rings. The zero-order chi connectivity index (χ0) is 21.7. The molecule has 0 unspecified atom stereocenters. The minimum absolute atomic E-state index is 0.325. The van der Waals surface area contributed by atoms with Gasteiger partial charge in [-0.05, 0) is 61.9 Å². The number of hydrogen-bond donors (Lipinski definition) is 1. The fraction of sp³-hybridized carbons (Fsp3) is 0.217. The van der Waals surface area contributed by atoms with Crippen molar-refractivity contribution in [2.75, 3.05) is 11.9 Å². The molecule has 0 aliphatic carbocycles. The summed E-state index contributed by atoms with van der Waals surface area (Å²) in [6.07, 6.45) is 1.78. The first-order valence-electron chi connectivity index (χ1n) is 9.53. The second kappa shape index (κ2) is 9.83. The van der Waals surface area contributed by atoms with Gasteiger partial charge in [0.25, 0.3) is 5.91 Å². The fourth-order valence-corrected chi connectivity index (χ4v) is 3.35. The van der Waals surface area contributed by atoms with Crippen LogP contribution in [0.2, 0.25) is 10.0 Å². The molecule has 2 aromatic carbocycles. The molecular weight excluding hydrogens is 425 g/mol. The number of nitrogens with one attached hydrogen (secondary N) is 1. The van der Waals surface area contributed by atoms with Gasteiger partial charge in [0.15, 0.2) is 0 Å². The van der Waals surface area contributed by atoms with Crippen molar-refractivity contribution < 1.29 is 18.7 Å². The van der Waals surface area contributed by atoms with Crippen LogP contribution >= 0.6 is 23.2 Å². The van der Waals surface area contributed by atoms with Crippen molar-refractivity contribution in [3.05, 3.63) is 75.5 Å². The molecule has 0 radical (unpaired) electrons. The average molecular weight is 446 g/mol. The highest BCUT2D eigenvalue weighted by atomic mass is 35.5. The number of aryl methyl sites for hydroxylation is 1. The predicted octanol–water partition coefficient (Wildman–Crippen LogP) is 6.77. The van der Waals surface area contributed by atoms with Crippen molar-refractivity contribution >= 4 is 40.8 Å². The summed E-state index contributed by atoms with van der Waals surface area (Å²) in [6.45, 7) is 4.13. The number of carbonyl (C=O) groups is 2. The molecule has 3 aromatic rings. The lowest BCUT2D eigenvalue weighted by molar-refractivity contribution is 0.0499. The summed E-state index contributed by atoms with van der Waals surface area (Å²) in [5, 5.41) is 3.76. The van der Waals surface area contributed by atoms with Gasteiger partial charge in [-0.3, -0.25) is 4.79 Å². The zero-order valence-electron chi connectivity index (χ0n) is 16.6. The lowest BCUT2D eigenvalue weighted by Gasteiger charge is -2.06. The van der Waals surface area contributed by atoms with E-state index in [2.05, 4.69) is 5.32 Å². The van der Waals surface area contributed by atoms with E-state index < -0.39 is 0 Å². The van der Waals surface area contributed by atoms with Crippen LogP contribution in [0, 0.1) is 6.92 Å². The molecule has 7 heteroatoms. The van der Waals surface area contributed by atoms with Crippen molar-refractivity contribution in [2.24, 2.45) is 0 Å². The Kier molecular flexibility index (Phi) is 7.19. The van der Waals surface area contributed by atoms with E-state index >= 15 is 0 Å². The van der Waals surface area contributed by atoms with Gasteiger partial charge in [-0.15, -0.1) is 0 Å². The van der Waals surface area contributed by atoms with E-state index in [0.717, 1.165) is 12.8 Å². The van der Waals surface area contributed by atoms with Crippen LogP contribution in [0.4, 0.5) is 5.69 Å². The highest BCUT2D eigenvalue weighted by Gasteiger charge is 2.17. The molecule has 0 bridgehead atoms. The maximum absolute atomic E-state index is 12.7. The van der Waals surface area contributed by atoms with Crippen molar-refractivity contribution in [3.63, 3.8) is 0 Å². The predicted molar refractivity (Wildman–Crippen MR) is 118 cm³/mol. The lowest BCUT2D eigenvalue weighted by Crippen LogP contribution is -2.12. The van der Waals surface area contributed by atoms with Gasteiger partial charge in [0.2, 0.25) is 0 Å². The topological polar surface area (TPSA) is 68.5 Å². The lowest BCUT2D eigenvalue weighted by atomic mass is 10.1. The zero-order valence-corrected chi connectivity index (χ0v) is 18.1. The van der Waals surface area contributed by atoms with Crippen molar-refractivity contribution in [3.8, 4) is 11.3 Å². The summed E-state index contributed by atoms with van der Waals surface area (Å²) in [7, 11) is 0. The van der Waals surface area contributed by atoms with Crippen LogP contribution in [0.25, 0.3) is 11.3 Å². The first kappa shape index (κ1) is 21.9. The summed E-state index contributed by atoms with van der Waals surface area (Å²) in [5.74, 6) is 0.257. The smallest absolute Gasteiger partial charge is 0.338 e. The molecule has 1 amide bonds. The molecule has 0 atom stereocenters. The Hall–Kier alpha value is -2.76. The first-order valence-corrected chi connectivity index (χ1v) is 10.3. The second-order valence-electron chi connectivity index (χ2n) is 6.76. The molecule has 0 fully saturated rings. The van der Waals surface area contributed by atoms with E-state index in [0.29, 0.717) is 50.6 Å². The van der Waals surface area contributed by atoms with Gasteiger partial charge in [-0.1, -0.05) is 36.5 Å². The van der Waals surface area contributed by atoms with Gasteiger partial charge in [0, 0.05) is 21.3 Å². The van der Waals surface area contributed by atoms with Crippen LogP contribution < -0.4 is 5.32 Å². The standard InChI is InChI=1S/C23H21Cl2NO4/c1-3-4-9-29-23(28)15-5-7-19(8-6-15)26-22(27)20-13-21(30-14(20)2)16-10-17(24)12-18(25)11-16/h5-8,10-13H,3-4,9H2,1-2H3,(H,26,27). The number of ether oxygens (including phenoxy) is 1. The van der Waals surface area contributed by atoms with Crippen LogP contribution in [-0.2, 0) is 4.74 Å². The molecule has 0 aliphatic heterocycles. The Balaban J connectivity index is 1.70. The van der Waals surface area contributed by atoms with E-state index in [9.17, 15) is 9.59 Å². The largest absolute Gasteiger partial charge is 0.462 e. The highest BCUT2D eigenvalue weighted by molar-refractivity contribution is 6.35. The third kappa shape index (κ3) is 5.43. The van der Waals surface area contributed by atoms with Gasteiger partial charge in [0.1, 0.15) is 11.5 Å². The maximum Gasteiger partial charge on any atom is 0.338 e. The normalized spacial score (nSPS) is 10.7. The molecule has 0 spiro atoms. The second-order valence-corrected chi connectivity index (χ2v) is 7.63. The van der Waals surface area contributed by atoms with Gasteiger partial charge in [-0.2, -0.15) is 0 Å². The minimum atomic E-state index is -0.378. The Morgan fingerprint density at radius 3 is 2.33 bits per heavy atom. The Labute approximate surface area is 184 Å². The average Bonchev–Trinajstić information content (AvgIpc) is 3.10. The number of furan rings is 1. The number of amides is 1. The number of esters is 1. The number of carbonyl (C=O) groups excluding carboxylic acids is 2. The van der Waals surface area contributed by atoms with E-state index in [4.69, 9.17) is 32.4 Å². The van der Waals surface area contributed by atoms with Gasteiger partial charge >= 0.3 is 5.97 Å². The first-order chi connectivity index (χ1) is 14.4. The number of unbranched alkanes of at least 4 members (excludes halogenated alkanes) is 1. The van der Waals surface area contributed by atoms with E-state index in [1.54, 1.807) is 55.5 Å². The molecule has 3 rings (SSSR count). The van der Waals surface area contributed by atoms with Crippen molar-refractivity contribution in [1.29, 1.82) is 0 Å². The van der Waals surface area contributed by atoms with Crippen molar-refractivity contribution in [1.82, 2.24) is 0 Å². The maximum atomic E-state index is 12.7. The van der Waals surface area contributed by atoms with Gasteiger partial charge in [0.05, 0.1) is 17.7 Å². The van der Waals surface area contributed by atoms with Crippen LogP contribution in [0.3, 0.4) is 0 Å². The Morgan fingerprint density at radius 1 is 1.03 bits per heavy atom. The summed E-state index contributed by atoms with van der Waals surface area (Å²) in [6, 6.07) is 13.2. The monoisotopic (exact) mass is 445 g/mol. The molecule has 0 saturated heterocycles. The van der Waals surface area contributed by atoms with Crippen LogP contribution in [0.1, 0.15) is 46.2 Å². The summed E-state index contributed by atoms with van der Waals surface area (Å²) in [4.78, 5) is 24.7. The van der Waals surface area contributed by atoms with Crippen molar-refractivity contribution in [2.45, 2.75) is 26.7 Å². The molecule has 0 saturated carbocycles. The Morgan fingerprint density at radius 2 is 1.70 bits per heavy atom. The minimum Gasteiger partial charge on any atom is -0.462 e. The van der Waals surface area contributed by atoms with Crippen LogP contribution in [-0.4, -0.2) is 18.5 Å². The van der Waals surface area contributed by atoms with E-state index in [-0.39, 0.29) is 11.9 Å². The molecule has 30 heavy (non-hydrogen) atoms. The molecule has 156 valence electrons. The summed E-state index contributed by atoms with van der Waals surface area (Å²) >= 11 is 12.1. The number of rotatable bonds is 7. The quantitative estimate of drug-likeness (QED) is 0.321. The van der Waals surface area contributed by atoms with Crippen LogP contribution in [0.5, 0.6) is 0 Å². The van der Waals surface area contributed by atoms with Gasteiger partial charge in [-0.25, -0.2) is 4.79 Å². The molecular formula is C23H21Cl2NO4. The van der Waals surface area contributed by atoms with Crippen LogP contribution in [0.15, 0.2) is 52.9 Å². The number of benzene rings is 2. The number of anilines is 1. The van der Waals surface area contributed by atoms with E-state index in [1.807, 2.05) is 6.92 Å². The number of halogens is 2. The molecule has 1 aromatic heterocycles. The third-order valence-electron chi connectivity index (χ3n) is 4.42. The SMILES string of the molecule is CCCCOC(=O)c1ccc(NC(=O)c2cc(-c3cc(Cl)cc(Cl)c3)oc2C)cc1. The van der Waals surface area contributed by atoms with Gasteiger partial charge < -0.3 is 14.5 Å². The highest BCUT2D eigenvalue weighted by Crippen LogP contribution is 2.30. The number of hydrogen-bond acceptors (Lipinski definition) is 4. The third-order valence-corrected chi connectivity index (χ3v) is 4.86. The Bertz CT molecular complexity index is 1040. The molecule has 5 nitrogen and oxygen atoms in total. The summed E-state index contributed by atoms with van der Waals surface area (Å²) < 4.78 is 10.9. The fourth-order valence-electron chi connectivity index (χ4n) is 2.83. The molecule has 1 N–H and O–H groups in total. The molecule has 1 heterocycles. The van der Waals surface area contributed by atoms with E-state index in [1.165, 1.54) is 0 Å².